The SMILES string of the molecule is CC(C)[C@@H](CO)Nc1cccc(Cl)c1N. The van der Waals surface area contributed by atoms with Gasteiger partial charge < -0.3 is 16.2 Å². The zero-order valence-electron chi connectivity index (χ0n) is 9.00. The molecule has 4 heteroatoms. The van der Waals surface area contributed by atoms with Gasteiger partial charge in [-0.15, -0.1) is 0 Å². The summed E-state index contributed by atoms with van der Waals surface area (Å²) < 4.78 is 0. The van der Waals surface area contributed by atoms with Crippen molar-refractivity contribution in [1.82, 2.24) is 0 Å². The molecular weight excluding hydrogens is 212 g/mol. The minimum Gasteiger partial charge on any atom is -0.396 e. The van der Waals surface area contributed by atoms with E-state index in [0.29, 0.717) is 16.6 Å². The Morgan fingerprint density at radius 3 is 2.67 bits per heavy atom. The standard InChI is InChI=1S/C11H17ClN2O/c1-7(2)10(6-15)14-9-5-3-4-8(12)11(9)13/h3-5,7,10,14-15H,6,13H2,1-2H3/t10-/m1/s1. The van der Waals surface area contributed by atoms with E-state index in [9.17, 15) is 5.11 Å². The molecule has 15 heavy (non-hydrogen) atoms. The summed E-state index contributed by atoms with van der Waals surface area (Å²) in [7, 11) is 0. The van der Waals surface area contributed by atoms with Gasteiger partial charge in [-0.25, -0.2) is 0 Å². The summed E-state index contributed by atoms with van der Waals surface area (Å²) in [4.78, 5) is 0. The third-order valence-corrected chi connectivity index (χ3v) is 2.72. The molecule has 0 bridgehead atoms. The van der Waals surface area contributed by atoms with Gasteiger partial charge in [0.25, 0.3) is 0 Å². The number of nitrogens with two attached hydrogens (primary N) is 1. The van der Waals surface area contributed by atoms with Crippen LogP contribution in [0.4, 0.5) is 11.4 Å². The van der Waals surface area contributed by atoms with E-state index in [4.69, 9.17) is 17.3 Å². The van der Waals surface area contributed by atoms with Gasteiger partial charge in [-0.1, -0.05) is 31.5 Å². The Balaban J connectivity index is 2.84. The van der Waals surface area contributed by atoms with Crippen LogP contribution in [0.3, 0.4) is 0 Å². The molecule has 0 radical (unpaired) electrons. The molecule has 0 unspecified atom stereocenters. The summed E-state index contributed by atoms with van der Waals surface area (Å²) in [5.41, 5.74) is 7.11. The van der Waals surface area contributed by atoms with Gasteiger partial charge in [0, 0.05) is 0 Å². The average Bonchev–Trinajstić information content (AvgIpc) is 2.19. The Labute approximate surface area is 95.2 Å². The topological polar surface area (TPSA) is 58.3 Å². The fourth-order valence-corrected chi connectivity index (χ4v) is 1.46. The van der Waals surface area contributed by atoms with Crippen molar-refractivity contribution in [1.29, 1.82) is 0 Å². The van der Waals surface area contributed by atoms with Crippen LogP contribution in [0.5, 0.6) is 0 Å². The van der Waals surface area contributed by atoms with Crippen molar-refractivity contribution in [2.45, 2.75) is 19.9 Å². The van der Waals surface area contributed by atoms with E-state index < -0.39 is 0 Å². The van der Waals surface area contributed by atoms with Gasteiger partial charge in [0.2, 0.25) is 0 Å². The molecule has 0 spiro atoms. The first-order valence-electron chi connectivity index (χ1n) is 4.97. The number of benzene rings is 1. The Kier molecular flexibility index (Phi) is 4.24. The second kappa shape index (κ2) is 5.24. The normalized spacial score (nSPS) is 12.9. The highest BCUT2D eigenvalue weighted by molar-refractivity contribution is 6.33. The number of nitrogens with one attached hydrogen (secondary N) is 1. The molecule has 84 valence electrons. The van der Waals surface area contributed by atoms with Crippen LogP contribution in [0.25, 0.3) is 0 Å². The van der Waals surface area contributed by atoms with Crippen molar-refractivity contribution in [3.05, 3.63) is 23.2 Å². The van der Waals surface area contributed by atoms with E-state index in [0.717, 1.165) is 5.69 Å². The molecule has 1 atom stereocenters. The molecule has 1 aromatic carbocycles. The van der Waals surface area contributed by atoms with Crippen LogP contribution in [0.2, 0.25) is 5.02 Å². The molecule has 0 heterocycles. The minimum atomic E-state index is -0.00855. The molecule has 1 rings (SSSR count). The van der Waals surface area contributed by atoms with Crippen LogP contribution in [0.1, 0.15) is 13.8 Å². The number of hydrogen-bond acceptors (Lipinski definition) is 3. The van der Waals surface area contributed by atoms with E-state index in [1.165, 1.54) is 0 Å². The van der Waals surface area contributed by atoms with Gasteiger partial charge >= 0.3 is 0 Å². The molecule has 1 aromatic rings. The third kappa shape index (κ3) is 3.01. The molecule has 0 amide bonds. The van der Waals surface area contributed by atoms with Gasteiger partial charge in [-0.3, -0.25) is 0 Å². The Hall–Kier alpha value is -0.930. The van der Waals surface area contributed by atoms with Crippen molar-refractivity contribution < 1.29 is 5.11 Å². The maximum atomic E-state index is 9.18. The summed E-state index contributed by atoms with van der Waals surface area (Å²) in [6.07, 6.45) is 0. The minimum absolute atomic E-state index is 0.00855. The lowest BCUT2D eigenvalue weighted by Crippen LogP contribution is -2.29. The smallest absolute Gasteiger partial charge is 0.0739 e. The second-order valence-electron chi connectivity index (χ2n) is 3.88. The lowest BCUT2D eigenvalue weighted by molar-refractivity contribution is 0.249. The number of aliphatic hydroxyl groups excluding tert-OH is 1. The lowest BCUT2D eigenvalue weighted by Gasteiger charge is -2.22. The van der Waals surface area contributed by atoms with Gasteiger partial charge in [0.05, 0.1) is 29.0 Å². The molecular formula is C11H17ClN2O. The van der Waals surface area contributed by atoms with Crippen molar-refractivity contribution in [3.8, 4) is 0 Å². The summed E-state index contributed by atoms with van der Waals surface area (Å²) in [5, 5.41) is 12.9. The maximum Gasteiger partial charge on any atom is 0.0739 e. The predicted octanol–water partition coefficient (Wildman–Crippen LogP) is 2.35. The van der Waals surface area contributed by atoms with E-state index in [2.05, 4.69) is 5.32 Å². The zero-order valence-corrected chi connectivity index (χ0v) is 9.75. The second-order valence-corrected chi connectivity index (χ2v) is 4.29. The number of rotatable bonds is 4. The summed E-state index contributed by atoms with van der Waals surface area (Å²) in [6, 6.07) is 5.42. The van der Waals surface area contributed by atoms with Crippen molar-refractivity contribution >= 4 is 23.0 Å². The number of nitrogen functional groups attached to an aromatic ring is 1. The first-order chi connectivity index (χ1) is 7.06. The molecule has 0 saturated heterocycles. The zero-order chi connectivity index (χ0) is 11.4. The fourth-order valence-electron chi connectivity index (χ4n) is 1.29. The van der Waals surface area contributed by atoms with Crippen LogP contribution in [0, 0.1) is 5.92 Å². The van der Waals surface area contributed by atoms with Gasteiger partial charge in [0.1, 0.15) is 0 Å². The van der Waals surface area contributed by atoms with E-state index in [1.807, 2.05) is 26.0 Å². The Morgan fingerprint density at radius 1 is 1.47 bits per heavy atom. The fraction of sp³-hybridized carbons (Fsp3) is 0.455. The Bertz CT molecular complexity index is 328. The largest absolute Gasteiger partial charge is 0.396 e. The summed E-state index contributed by atoms with van der Waals surface area (Å²) in [6.45, 7) is 4.15. The van der Waals surface area contributed by atoms with Crippen LogP contribution in [-0.4, -0.2) is 17.8 Å². The molecule has 0 aliphatic carbocycles. The molecule has 0 aromatic heterocycles. The molecule has 0 saturated carbocycles. The highest BCUT2D eigenvalue weighted by Gasteiger charge is 2.13. The van der Waals surface area contributed by atoms with Crippen LogP contribution in [0.15, 0.2) is 18.2 Å². The van der Waals surface area contributed by atoms with Crippen molar-refractivity contribution in [3.63, 3.8) is 0 Å². The van der Waals surface area contributed by atoms with E-state index in [-0.39, 0.29) is 12.6 Å². The average molecular weight is 229 g/mol. The molecule has 4 N–H and O–H groups in total. The molecule has 0 aliphatic heterocycles. The van der Waals surface area contributed by atoms with Gasteiger partial charge in [-0.2, -0.15) is 0 Å². The van der Waals surface area contributed by atoms with E-state index >= 15 is 0 Å². The number of halogens is 1. The number of para-hydroxylation sites is 1. The number of aliphatic hydroxyl groups is 1. The maximum absolute atomic E-state index is 9.18. The lowest BCUT2D eigenvalue weighted by atomic mass is 10.0. The highest BCUT2D eigenvalue weighted by Crippen LogP contribution is 2.27. The first-order valence-corrected chi connectivity index (χ1v) is 5.35. The summed E-state index contributed by atoms with van der Waals surface area (Å²) in [5.74, 6) is 0.327. The van der Waals surface area contributed by atoms with E-state index in [1.54, 1.807) is 6.07 Å². The predicted molar refractivity (Wildman–Crippen MR) is 65.2 cm³/mol. The molecule has 0 aliphatic rings. The van der Waals surface area contributed by atoms with Gasteiger partial charge in [0.15, 0.2) is 0 Å². The monoisotopic (exact) mass is 228 g/mol. The number of hydrogen-bond donors (Lipinski definition) is 3. The van der Waals surface area contributed by atoms with Crippen LogP contribution >= 0.6 is 11.6 Å². The van der Waals surface area contributed by atoms with Crippen molar-refractivity contribution in [2.75, 3.05) is 17.7 Å². The Morgan fingerprint density at radius 2 is 2.13 bits per heavy atom. The quantitative estimate of drug-likeness (QED) is 0.694. The third-order valence-electron chi connectivity index (χ3n) is 2.40. The first kappa shape index (κ1) is 12.1. The van der Waals surface area contributed by atoms with Crippen LogP contribution < -0.4 is 11.1 Å². The highest BCUT2D eigenvalue weighted by atomic mass is 35.5. The molecule has 3 nitrogen and oxygen atoms in total. The van der Waals surface area contributed by atoms with Gasteiger partial charge in [-0.05, 0) is 18.1 Å². The van der Waals surface area contributed by atoms with Crippen molar-refractivity contribution in [2.24, 2.45) is 5.92 Å². The van der Waals surface area contributed by atoms with Crippen LogP contribution in [-0.2, 0) is 0 Å². The number of anilines is 2. The summed E-state index contributed by atoms with van der Waals surface area (Å²) >= 11 is 5.89. The molecule has 0 fully saturated rings.